The normalized spacial score (nSPS) is 14.6. The Hall–Kier alpha value is -2.50. The predicted octanol–water partition coefficient (Wildman–Crippen LogP) is 2.49. The van der Waals surface area contributed by atoms with Gasteiger partial charge in [-0.2, -0.15) is 5.10 Å². The number of aromatic nitrogens is 4. The van der Waals surface area contributed by atoms with Gasteiger partial charge >= 0.3 is 0 Å². The monoisotopic (exact) mass is 283 g/mol. The van der Waals surface area contributed by atoms with Crippen LogP contribution in [0, 0.1) is 0 Å². The Morgan fingerprint density at radius 1 is 1.29 bits per heavy atom. The van der Waals surface area contributed by atoms with Gasteiger partial charge < -0.3 is 5.32 Å². The highest BCUT2D eigenvalue weighted by Gasteiger charge is 2.10. The van der Waals surface area contributed by atoms with E-state index in [9.17, 15) is 4.79 Å². The van der Waals surface area contributed by atoms with Crippen molar-refractivity contribution in [3.63, 3.8) is 0 Å². The molecule has 0 saturated carbocycles. The van der Waals surface area contributed by atoms with Gasteiger partial charge in [0.05, 0.1) is 18.1 Å². The molecule has 1 N–H and O–H groups in total. The number of anilines is 1. The van der Waals surface area contributed by atoms with Crippen LogP contribution in [0.25, 0.3) is 5.95 Å². The molecule has 0 aromatic carbocycles. The smallest absolute Gasteiger partial charge is 0.250 e. The van der Waals surface area contributed by atoms with E-state index in [1.54, 1.807) is 30.9 Å². The number of amides is 1. The topological polar surface area (TPSA) is 72.7 Å². The first kappa shape index (κ1) is 13.5. The molecule has 6 nitrogen and oxygen atoms in total. The van der Waals surface area contributed by atoms with Crippen LogP contribution in [0.2, 0.25) is 0 Å². The number of hydrogen-bond donors (Lipinski definition) is 1. The van der Waals surface area contributed by atoms with Gasteiger partial charge in [-0.25, -0.2) is 14.6 Å². The average Bonchev–Trinajstić information content (AvgIpc) is 2.97. The Balaban J connectivity index is 1.62. The van der Waals surface area contributed by atoms with Crippen LogP contribution in [0.5, 0.6) is 0 Å². The summed E-state index contributed by atoms with van der Waals surface area (Å²) < 4.78 is 1.54. The lowest BCUT2D eigenvalue weighted by molar-refractivity contribution is -0.115. The lowest BCUT2D eigenvalue weighted by Crippen LogP contribution is -2.12. The van der Waals surface area contributed by atoms with Crippen molar-refractivity contribution in [2.75, 3.05) is 5.32 Å². The quantitative estimate of drug-likeness (QED) is 0.875. The maximum absolute atomic E-state index is 12.0. The molecule has 1 aliphatic rings. The fraction of sp³-hybridized carbons (Fsp3) is 0.333. The van der Waals surface area contributed by atoms with E-state index in [4.69, 9.17) is 0 Å². The van der Waals surface area contributed by atoms with E-state index in [0.717, 1.165) is 12.8 Å². The van der Waals surface area contributed by atoms with Crippen molar-refractivity contribution in [2.45, 2.75) is 32.1 Å². The lowest BCUT2D eigenvalue weighted by Gasteiger charge is -2.11. The molecule has 0 radical (unpaired) electrons. The molecule has 1 amide bonds. The fourth-order valence-corrected chi connectivity index (χ4v) is 2.38. The van der Waals surface area contributed by atoms with Crippen molar-refractivity contribution in [1.29, 1.82) is 0 Å². The van der Waals surface area contributed by atoms with E-state index in [-0.39, 0.29) is 5.91 Å². The van der Waals surface area contributed by atoms with Crippen LogP contribution in [-0.4, -0.2) is 25.7 Å². The summed E-state index contributed by atoms with van der Waals surface area (Å²) in [6.07, 6.45) is 13.8. The third-order valence-electron chi connectivity index (χ3n) is 3.40. The third kappa shape index (κ3) is 3.53. The van der Waals surface area contributed by atoms with Crippen LogP contribution in [0.15, 0.2) is 42.5 Å². The van der Waals surface area contributed by atoms with Gasteiger partial charge in [-0.3, -0.25) is 4.79 Å². The standard InChI is InChI=1S/C15H17N5O/c21-14(9-12-5-2-1-3-6-12)19-13-10-18-20(11-13)15-16-7-4-8-17-15/h4-5,7-8,10-11H,1-3,6,9H2,(H,19,21). The number of rotatable bonds is 4. The van der Waals surface area contributed by atoms with Crippen molar-refractivity contribution >= 4 is 11.6 Å². The summed E-state index contributed by atoms with van der Waals surface area (Å²) in [6, 6.07) is 1.74. The van der Waals surface area contributed by atoms with Gasteiger partial charge in [0.1, 0.15) is 0 Å². The molecule has 3 rings (SSSR count). The molecule has 2 aromatic heterocycles. The summed E-state index contributed by atoms with van der Waals surface area (Å²) in [7, 11) is 0. The molecule has 0 unspecified atom stereocenters. The predicted molar refractivity (Wildman–Crippen MR) is 79.0 cm³/mol. The van der Waals surface area contributed by atoms with Crippen molar-refractivity contribution in [2.24, 2.45) is 0 Å². The number of allylic oxidation sites excluding steroid dienone is 1. The van der Waals surface area contributed by atoms with Gasteiger partial charge in [-0.15, -0.1) is 0 Å². The summed E-state index contributed by atoms with van der Waals surface area (Å²) in [5.41, 5.74) is 1.89. The third-order valence-corrected chi connectivity index (χ3v) is 3.40. The maximum Gasteiger partial charge on any atom is 0.250 e. The van der Waals surface area contributed by atoms with Gasteiger partial charge in [0.2, 0.25) is 11.9 Å². The highest BCUT2D eigenvalue weighted by Crippen LogP contribution is 2.20. The van der Waals surface area contributed by atoms with Gasteiger partial charge in [0.15, 0.2) is 0 Å². The molecule has 2 heterocycles. The Bertz CT molecular complexity index is 647. The molecule has 0 atom stereocenters. The molecule has 6 heteroatoms. The second kappa shape index (κ2) is 6.30. The lowest BCUT2D eigenvalue weighted by atomic mass is 9.97. The summed E-state index contributed by atoms with van der Waals surface area (Å²) in [5, 5.41) is 7.01. The van der Waals surface area contributed by atoms with Crippen molar-refractivity contribution in [3.8, 4) is 5.95 Å². The number of carbonyl (C=O) groups excluding carboxylic acids is 1. The molecular weight excluding hydrogens is 266 g/mol. The number of nitrogens with one attached hydrogen (secondary N) is 1. The Kier molecular flexibility index (Phi) is 4.04. The molecule has 21 heavy (non-hydrogen) atoms. The Morgan fingerprint density at radius 3 is 2.90 bits per heavy atom. The SMILES string of the molecule is O=C(CC1=CCCCC1)Nc1cnn(-c2ncccn2)c1. The van der Waals surface area contributed by atoms with E-state index in [0.29, 0.717) is 18.1 Å². The van der Waals surface area contributed by atoms with Crippen LogP contribution in [0.1, 0.15) is 32.1 Å². The highest BCUT2D eigenvalue weighted by atomic mass is 16.1. The molecular formula is C15H17N5O. The van der Waals surface area contributed by atoms with Gasteiger partial charge in [0.25, 0.3) is 0 Å². The summed E-state index contributed by atoms with van der Waals surface area (Å²) in [5.74, 6) is 0.477. The van der Waals surface area contributed by atoms with E-state index >= 15 is 0 Å². The first-order valence-electron chi connectivity index (χ1n) is 7.11. The summed E-state index contributed by atoms with van der Waals surface area (Å²) >= 11 is 0. The Labute approximate surface area is 122 Å². The van der Waals surface area contributed by atoms with E-state index in [1.807, 2.05) is 0 Å². The van der Waals surface area contributed by atoms with Crippen LogP contribution in [-0.2, 0) is 4.79 Å². The maximum atomic E-state index is 12.0. The minimum Gasteiger partial charge on any atom is -0.323 e. The number of hydrogen-bond acceptors (Lipinski definition) is 4. The molecule has 1 aliphatic carbocycles. The zero-order chi connectivity index (χ0) is 14.5. The van der Waals surface area contributed by atoms with E-state index in [2.05, 4.69) is 26.5 Å². The molecule has 0 saturated heterocycles. The molecule has 0 aliphatic heterocycles. The molecule has 0 fully saturated rings. The molecule has 2 aromatic rings. The van der Waals surface area contributed by atoms with Gasteiger partial charge in [-0.1, -0.05) is 11.6 Å². The van der Waals surface area contributed by atoms with Gasteiger partial charge in [0, 0.05) is 18.8 Å². The zero-order valence-corrected chi connectivity index (χ0v) is 11.7. The first-order valence-corrected chi connectivity index (χ1v) is 7.11. The minimum atomic E-state index is -0.00307. The Morgan fingerprint density at radius 2 is 2.14 bits per heavy atom. The molecule has 108 valence electrons. The van der Waals surface area contributed by atoms with Crippen LogP contribution >= 0.6 is 0 Å². The van der Waals surface area contributed by atoms with Crippen LogP contribution in [0.3, 0.4) is 0 Å². The number of carbonyl (C=O) groups is 1. The highest BCUT2D eigenvalue weighted by molar-refractivity contribution is 5.92. The molecule has 0 spiro atoms. The first-order chi connectivity index (χ1) is 10.3. The summed E-state index contributed by atoms with van der Waals surface area (Å²) in [4.78, 5) is 20.2. The van der Waals surface area contributed by atoms with Crippen molar-refractivity contribution < 1.29 is 4.79 Å². The second-order valence-corrected chi connectivity index (χ2v) is 5.06. The minimum absolute atomic E-state index is 0.00307. The van der Waals surface area contributed by atoms with Crippen LogP contribution < -0.4 is 5.32 Å². The molecule has 0 bridgehead atoms. The second-order valence-electron chi connectivity index (χ2n) is 5.06. The van der Waals surface area contributed by atoms with Crippen molar-refractivity contribution in [3.05, 3.63) is 42.5 Å². The average molecular weight is 283 g/mol. The summed E-state index contributed by atoms with van der Waals surface area (Å²) in [6.45, 7) is 0. The fourth-order valence-electron chi connectivity index (χ4n) is 2.38. The largest absolute Gasteiger partial charge is 0.323 e. The van der Waals surface area contributed by atoms with Gasteiger partial charge in [-0.05, 0) is 31.7 Å². The van der Waals surface area contributed by atoms with E-state index in [1.165, 1.54) is 23.1 Å². The number of nitrogens with zero attached hydrogens (tertiary/aromatic N) is 4. The van der Waals surface area contributed by atoms with Crippen molar-refractivity contribution in [1.82, 2.24) is 19.7 Å². The van der Waals surface area contributed by atoms with E-state index < -0.39 is 0 Å². The van der Waals surface area contributed by atoms with Crippen LogP contribution in [0.4, 0.5) is 5.69 Å². The zero-order valence-electron chi connectivity index (χ0n) is 11.7.